The Morgan fingerprint density at radius 2 is 0.826 bits per heavy atom. The molecule has 9 aromatic rings. The van der Waals surface area contributed by atoms with Crippen molar-refractivity contribution >= 4 is 49.4 Å². The Bertz CT molecular complexity index is 2350. The fourth-order valence-corrected chi connectivity index (χ4v) is 6.38. The molecule has 0 saturated carbocycles. The van der Waals surface area contributed by atoms with Gasteiger partial charge in [-0.1, -0.05) is 49.2 Å². The lowest BCUT2D eigenvalue weighted by molar-refractivity contribution is 0.394. The van der Waals surface area contributed by atoms with Crippen LogP contribution in [0, 0.1) is 19.8 Å². The van der Waals surface area contributed by atoms with E-state index in [2.05, 4.69) is 53.4 Å². The van der Waals surface area contributed by atoms with Crippen molar-refractivity contribution in [3.8, 4) is 5.69 Å². The van der Waals surface area contributed by atoms with Crippen LogP contribution in [0.25, 0.3) is 38.0 Å². The van der Waals surface area contributed by atoms with Crippen molar-refractivity contribution in [3.05, 3.63) is 150 Å². The highest BCUT2D eigenvalue weighted by molar-refractivity contribution is 6.22. The van der Waals surface area contributed by atoms with Gasteiger partial charge in [0, 0.05) is 55.4 Å². The minimum Gasteiger partial charge on any atom is -0.311 e. The van der Waals surface area contributed by atoms with Crippen molar-refractivity contribution in [3.63, 3.8) is 0 Å². The largest absolute Gasteiger partial charge is 0.311 e. The zero-order valence-electron chi connectivity index (χ0n) is 26.4. The number of benzene rings is 5. The van der Waals surface area contributed by atoms with Crippen LogP contribution in [0.15, 0.2) is 116 Å². The minimum absolute atomic E-state index is 0.0243. The van der Waals surface area contributed by atoms with Gasteiger partial charge in [-0.2, -0.15) is 0 Å². The third-order valence-electron chi connectivity index (χ3n) is 9.25. The van der Waals surface area contributed by atoms with Crippen LogP contribution in [0.3, 0.4) is 0 Å². The monoisotopic (exact) mass is 607 g/mol. The summed E-state index contributed by atoms with van der Waals surface area (Å²) in [6, 6.07) is 29.8. The number of fused-ring (bicyclic) bond motifs is 6. The third-order valence-corrected chi connectivity index (χ3v) is 9.25. The summed E-state index contributed by atoms with van der Waals surface area (Å²) in [5, 5.41) is 1.64. The topological polar surface area (TPSA) is 81.4 Å². The van der Waals surface area contributed by atoms with Crippen molar-refractivity contribution in [2.24, 2.45) is 5.92 Å². The van der Waals surface area contributed by atoms with Gasteiger partial charge in [-0.15, -0.1) is 0 Å². The molecule has 0 aliphatic carbocycles. The van der Waals surface area contributed by atoms with E-state index in [1.54, 1.807) is 36.4 Å². The van der Waals surface area contributed by atoms with Crippen molar-refractivity contribution in [1.29, 1.82) is 0 Å². The molecular weight excluding hydrogens is 574 g/mol. The van der Waals surface area contributed by atoms with Gasteiger partial charge in [0.25, 0.3) is 22.2 Å². The number of hydrogen-bond donors (Lipinski definition) is 0. The van der Waals surface area contributed by atoms with Crippen molar-refractivity contribution in [1.82, 2.24) is 9.13 Å². The maximum Gasteiger partial charge on any atom is 0.265 e. The summed E-state index contributed by atoms with van der Waals surface area (Å²) in [6.07, 6.45) is 0. The Morgan fingerprint density at radius 1 is 0.478 bits per heavy atom. The summed E-state index contributed by atoms with van der Waals surface area (Å²) >= 11 is 0. The Morgan fingerprint density at radius 3 is 1.20 bits per heavy atom. The van der Waals surface area contributed by atoms with Gasteiger partial charge in [0.05, 0.1) is 5.69 Å². The number of aryl methyl sites for hydroxylation is 2. The highest BCUT2D eigenvalue weighted by Crippen LogP contribution is 2.35. The summed E-state index contributed by atoms with van der Waals surface area (Å²) in [5.41, 5.74) is 3.49. The molecule has 228 valence electrons. The van der Waals surface area contributed by atoms with E-state index in [1.807, 2.05) is 46.8 Å². The van der Waals surface area contributed by atoms with Gasteiger partial charge in [-0.25, -0.2) is 4.57 Å². The lowest BCUT2D eigenvalue weighted by Crippen LogP contribution is -2.34. The fraction of sp³-hybridized carbons (Fsp3) is 0.179. The highest BCUT2D eigenvalue weighted by Gasteiger charge is 2.24. The molecule has 9 rings (SSSR count). The molecule has 0 saturated heterocycles. The van der Waals surface area contributed by atoms with Crippen LogP contribution in [0.1, 0.15) is 37.9 Å². The normalized spacial score (nSPS) is 12.5. The van der Waals surface area contributed by atoms with E-state index in [1.165, 1.54) is 4.57 Å². The van der Waals surface area contributed by atoms with Gasteiger partial charge in [0.15, 0.2) is 0 Å². The second kappa shape index (κ2) is 10.8. The Hall–Kier alpha value is -5.56. The molecule has 7 heteroatoms. The van der Waals surface area contributed by atoms with Gasteiger partial charge >= 0.3 is 0 Å². The number of aromatic nitrogens is 2. The second-order valence-electron chi connectivity index (χ2n) is 12.5. The Balaban J connectivity index is 1.45. The van der Waals surface area contributed by atoms with Gasteiger partial charge in [-0.3, -0.25) is 23.7 Å². The van der Waals surface area contributed by atoms with E-state index < -0.39 is 22.2 Å². The number of rotatable bonds is 6. The quantitative estimate of drug-likeness (QED) is 0.197. The summed E-state index contributed by atoms with van der Waals surface area (Å²) in [7, 11) is 0. The van der Waals surface area contributed by atoms with Crippen LogP contribution in [-0.4, -0.2) is 9.13 Å². The first-order valence-corrected chi connectivity index (χ1v) is 15.5. The molecule has 1 unspecified atom stereocenters. The maximum absolute atomic E-state index is 14.2. The van der Waals surface area contributed by atoms with E-state index in [9.17, 15) is 19.2 Å². The molecule has 0 aliphatic rings. The number of hydrogen-bond acceptors (Lipinski definition) is 5. The molecule has 1 atom stereocenters. The van der Waals surface area contributed by atoms with E-state index in [0.29, 0.717) is 16.5 Å². The van der Waals surface area contributed by atoms with Crippen LogP contribution >= 0.6 is 0 Å². The van der Waals surface area contributed by atoms with E-state index >= 15 is 0 Å². The first-order valence-electron chi connectivity index (χ1n) is 15.5. The molecule has 5 aromatic carbocycles. The first kappa shape index (κ1) is 29.2. The molecule has 4 aromatic heterocycles. The molecule has 0 amide bonds. The van der Waals surface area contributed by atoms with Gasteiger partial charge in [0.2, 0.25) is 0 Å². The van der Waals surface area contributed by atoms with Crippen LogP contribution in [-0.2, 0) is 0 Å². The fourth-order valence-electron chi connectivity index (χ4n) is 6.38. The van der Waals surface area contributed by atoms with Crippen molar-refractivity contribution in [2.75, 3.05) is 4.90 Å². The molecular formula is C39H33N3O4. The number of nitrogens with zero attached hydrogens (tertiary/aromatic N) is 3. The Kier molecular flexibility index (Phi) is 6.85. The standard InChI is InChI=1S/C39H33N3O4/c1-22(2)25(5)40-36(43)30-18-19-31(37(40)44)35-33-21-20-32(34(30)35)38(45)42(39(33)46)29-16-14-28(15-17-29)41(26-10-6-23(3)7-11-26)27-12-8-24(4)9-13-27/h6-22,25H,1-5H3. The first-order chi connectivity index (χ1) is 22.1. The smallest absolute Gasteiger partial charge is 0.265 e. The summed E-state index contributed by atoms with van der Waals surface area (Å²) < 4.78 is 2.42. The average Bonchev–Trinajstić information content (AvgIpc) is 3.34. The predicted octanol–water partition coefficient (Wildman–Crippen LogP) is 7.36. The van der Waals surface area contributed by atoms with Gasteiger partial charge in [-0.05, 0) is 99.5 Å². The zero-order valence-corrected chi connectivity index (χ0v) is 26.4. The van der Waals surface area contributed by atoms with Crippen molar-refractivity contribution in [2.45, 2.75) is 40.7 Å². The highest BCUT2D eigenvalue weighted by atomic mass is 16.2. The van der Waals surface area contributed by atoms with Crippen LogP contribution < -0.4 is 27.1 Å². The summed E-state index contributed by atoms with van der Waals surface area (Å²) in [5.74, 6) is 0.0243. The van der Waals surface area contributed by atoms with E-state index in [4.69, 9.17) is 0 Å². The van der Waals surface area contributed by atoms with Crippen molar-refractivity contribution < 1.29 is 0 Å². The SMILES string of the molecule is Cc1ccc(N(c2ccc(C)cc2)c2ccc(-n3c(=O)c4ccc(c3=O)c3c5ccc(c(=O)n(C(C)C(C)C)c5=O)c43)cc2)cc1. The Labute approximate surface area is 264 Å². The molecule has 0 N–H and O–H groups in total. The van der Waals surface area contributed by atoms with Gasteiger partial charge in [0.1, 0.15) is 0 Å². The molecule has 7 nitrogen and oxygen atoms in total. The lowest BCUT2D eigenvalue weighted by atomic mass is 10.00. The van der Waals surface area contributed by atoms with E-state index in [0.717, 1.165) is 32.8 Å². The second-order valence-corrected chi connectivity index (χ2v) is 12.5. The molecule has 4 bridgehead atoms. The van der Waals surface area contributed by atoms with Gasteiger partial charge < -0.3 is 4.90 Å². The van der Waals surface area contributed by atoms with Crippen LogP contribution in [0.4, 0.5) is 17.1 Å². The lowest BCUT2D eigenvalue weighted by Gasteiger charge is -2.26. The van der Waals surface area contributed by atoms with E-state index in [-0.39, 0.29) is 33.5 Å². The average molecular weight is 608 g/mol. The molecule has 0 aliphatic heterocycles. The number of anilines is 3. The van der Waals surface area contributed by atoms with Crippen LogP contribution in [0.2, 0.25) is 0 Å². The molecule has 0 fully saturated rings. The third kappa shape index (κ3) is 4.42. The van der Waals surface area contributed by atoms with Crippen LogP contribution in [0.5, 0.6) is 0 Å². The molecule has 0 spiro atoms. The minimum atomic E-state index is -0.541. The molecule has 46 heavy (non-hydrogen) atoms. The zero-order chi connectivity index (χ0) is 32.4. The molecule has 4 heterocycles. The predicted molar refractivity (Wildman–Crippen MR) is 187 cm³/mol. The molecule has 0 radical (unpaired) electrons. The summed E-state index contributed by atoms with van der Waals surface area (Å²) in [6.45, 7) is 9.83. The maximum atomic E-state index is 14.2. The summed E-state index contributed by atoms with van der Waals surface area (Å²) in [4.78, 5) is 58.2.